The van der Waals surface area contributed by atoms with Crippen molar-refractivity contribution in [1.82, 2.24) is 4.90 Å². The van der Waals surface area contributed by atoms with Gasteiger partial charge in [-0.2, -0.15) is 0 Å². The van der Waals surface area contributed by atoms with Crippen LogP contribution in [0.5, 0.6) is 0 Å². The molecule has 1 heterocycles. The normalized spacial score (nSPS) is 27.3. The standard InChI is InChI=1S/C12H22N2O.ClH/c13-11-7-8-14(9-11)12(15)10-5-3-1-2-4-6-10;/h10-11H,1-9,13H2;1H. The van der Waals surface area contributed by atoms with Crippen molar-refractivity contribution in [1.29, 1.82) is 0 Å². The molecule has 1 saturated carbocycles. The lowest BCUT2D eigenvalue weighted by Crippen LogP contribution is -2.36. The number of nitrogens with two attached hydrogens (primary N) is 1. The van der Waals surface area contributed by atoms with Gasteiger partial charge in [0.25, 0.3) is 0 Å². The number of nitrogens with zero attached hydrogens (tertiary/aromatic N) is 1. The van der Waals surface area contributed by atoms with E-state index in [1.807, 2.05) is 4.90 Å². The summed E-state index contributed by atoms with van der Waals surface area (Å²) in [6, 6.07) is 0.222. The van der Waals surface area contributed by atoms with Crippen molar-refractivity contribution in [3.63, 3.8) is 0 Å². The molecule has 2 rings (SSSR count). The van der Waals surface area contributed by atoms with Crippen LogP contribution in [0, 0.1) is 5.92 Å². The lowest BCUT2D eigenvalue weighted by Gasteiger charge is -2.22. The van der Waals surface area contributed by atoms with Crippen molar-refractivity contribution in [2.24, 2.45) is 11.7 Å². The zero-order valence-electron chi connectivity index (χ0n) is 9.86. The van der Waals surface area contributed by atoms with E-state index in [1.54, 1.807) is 0 Å². The number of likely N-dealkylation sites (tertiary alicyclic amines) is 1. The molecule has 1 unspecified atom stereocenters. The zero-order valence-corrected chi connectivity index (χ0v) is 10.7. The highest BCUT2D eigenvalue weighted by molar-refractivity contribution is 5.85. The monoisotopic (exact) mass is 246 g/mol. The number of carbonyl (C=O) groups is 1. The summed E-state index contributed by atoms with van der Waals surface area (Å²) >= 11 is 0. The summed E-state index contributed by atoms with van der Waals surface area (Å²) in [5, 5.41) is 0. The van der Waals surface area contributed by atoms with Crippen LogP contribution in [-0.2, 0) is 4.79 Å². The topological polar surface area (TPSA) is 46.3 Å². The van der Waals surface area contributed by atoms with Gasteiger partial charge in [0.05, 0.1) is 0 Å². The van der Waals surface area contributed by atoms with Crippen LogP contribution >= 0.6 is 12.4 Å². The van der Waals surface area contributed by atoms with E-state index in [4.69, 9.17) is 5.73 Å². The molecule has 1 atom stereocenters. The van der Waals surface area contributed by atoms with Crippen LogP contribution < -0.4 is 5.73 Å². The summed E-state index contributed by atoms with van der Waals surface area (Å²) < 4.78 is 0. The predicted octanol–water partition coefficient (Wildman–Crippen LogP) is 1.94. The Labute approximate surface area is 104 Å². The molecule has 0 spiro atoms. The second kappa shape index (κ2) is 6.45. The first kappa shape index (κ1) is 13.8. The Morgan fingerprint density at radius 1 is 1.06 bits per heavy atom. The van der Waals surface area contributed by atoms with Gasteiger partial charge in [-0.15, -0.1) is 12.4 Å². The Hall–Kier alpha value is -0.280. The third-order valence-corrected chi connectivity index (χ3v) is 3.74. The van der Waals surface area contributed by atoms with E-state index in [2.05, 4.69) is 0 Å². The van der Waals surface area contributed by atoms with Gasteiger partial charge in [-0.05, 0) is 19.3 Å². The van der Waals surface area contributed by atoms with E-state index in [0.717, 1.165) is 32.4 Å². The smallest absolute Gasteiger partial charge is 0.225 e. The Balaban J connectivity index is 0.00000128. The van der Waals surface area contributed by atoms with Crippen LogP contribution in [0.3, 0.4) is 0 Å². The number of halogens is 1. The summed E-state index contributed by atoms with van der Waals surface area (Å²) in [6.07, 6.45) is 8.27. The van der Waals surface area contributed by atoms with Gasteiger partial charge >= 0.3 is 0 Å². The molecule has 0 bridgehead atoms. The first-order chi connectivity index (χ1) is 7.27. The van der Waals surface area contributed by atoms with Crippen LogP contribution in [0.25, 0.3) is 0 Å². The minimum absolute atomic E-state index is 0. The minimum atomic E-state index is 0. The Morgan fingerprint density at radius 3 is 2.19 bits per heavy atom. The fraction of sp³-hybridized carbons (Fsp3) is 0.917. The first-order valence-electron chi connectivity index (χ1n) is 6.32. The quantitative estimate of drug-likeness (QED) is 0.719. The van der Waals surface area contributed by atoms with E-state index in [0.29, 0.717) is 11.8 Å². The van der Waals surface area contributed by atoms with Crippen molar-refractivity contribution in [3.05, 3.63) is 0 Å². The Bertz CT molecular complexity index is 227. The van der Waals surface area contributed by atoms with Gasteiger partial charge < -0.3 is 10.6 Å². The fourth-order valence-electron chi connectivity index (χ4n) is 2.77. The number of hydrogen-bond acceptors (Lipinski definition) is 2. The SMILES string of the molecule is Cl.NC1CCN(C(=O)C2CCCCCC2)C1. The van der Waals surface area contributed by atoms with E-state index in [9.17, 15) is 4.79 Å². The van der Waals surface area contributed by atoms with Crippen LogP contribution in [0.1, 0.15) is 44.9 Å². The average Bonchev–Trinajstić information content (AvgIpc) is 2.53. The second-order valence-electron chi connectivity index (χ2n) is 5.02. The number of rotatable bonds is 1. The molecule has 94 valence electrons. The molecule has 2 N–H and O–H groups in total. The minimum Gasteiger partial charge on any atom is -0.341 e. The van der Waals surface area contributed by atoms with Gasteiger partial charge in [0, 0.05) is 25.0 Å². The maximum Gasteiger partial charge on any atom is 0.225 e. The van der Waals surface area contributed by atoms with Gasteiger partial charge in [0.1, 0.15) is 0 Å². The largest absolute Gasteiger partial charge is 0.341 e. The van der Waals surface area contributed by atoms with Crippen molar-refractivity contribution >= 4 is 18.3 Å². The van der Waals surface area contributed by atoms with Gasteiger partial charge in [0.15, 0.2) is 0 Å². The molecule has 1 aliphatic heterocycles. The van der Waals surface area contributed by atoms with Gasteiger partial charge in [-0.25, -0.2) is 0 Å². The van der Waals surface area contributed by atoms with Crippen molar-refractivity contribution in [2.45, 2.75) is 51.0 Å². The molecular weight excluding hydrogens is 224 g/mol. The van der Waals surface area contributed by atoms with Crippen molar-refractivity contribution in [2.75, 3.05) is 13.1 Å². The maximum absolute atomic E-state index is 12.2. The number of hydrogen-bond donors (Lipinski definition) is 1. The van der Waals surface area contributed by atoms with E-state index in [1.165, 1.54) is 25.7 Å². The fourth-order valence-corrected chi connectivity index (χ4v) is 2.77. The summed E-state index contributed by atoms with van der Waals surface area (Å²) in [5.41, 5.74) is 5.83. The highest BCUT2D eigenvalue weighted by atomic mass is 35.5. The molecule has 2 fully saturated rings. The lowest BCUT2D eigenvalue weighted by molar-refractivity contribution is -0.134. The molecule has 1 aliphatic carbocycles. The van der Waals surface area contributed by atoms with Crippen LogP contribution in [0.15, 0.2) is 0 Å². The molecule has 1 amide bonds. The van der Waals surface area contributed by atoms with E-state index in [-0.39, 0.29) is 18.4 Å². The maximum atomic E-state index is 12.2. The molecule has 0 aromatic heterocycles. The lowest BCUT2D eigenvalue weighted by atomic mass is 9.99. The predicted molar refractivity (Wildman–Crippen MR) is 67.6 cm³/mol. The Morgan fingerprint density at radius 2 is 1.69 bits per heavy atom. The molecular formula is C12H23ClN2O. The molecule has 4 heteroatoms. The third kappa shape index (κ3) is 3.36. The van der Waals surface area contributed by atoms with Crippen LogP contribution in [0.4, 0.5) is 0 Å². The molecule has 1 saturated heterocycles. The van der Waals surface area contributed by atoms with Crippen LogP contribution in [0.2, 0.25) is 0 Å². The molecule has 16 heavy (non-hydrogen) atoms. The number of amides is 1. The Kier molecular flexibility index (Phi) is 5.56. The van der Waals surface area contributed by atoms with Crippen LogP contribution in [-0.4, -0.2) is 29.9 Å². The molecule has 3 nitrogen and oxygen atoms in total. The summed E-state index contributed by atoms with van der Waals surface area (Å²) in [4.78, 5) is 14.2. The number of carbonyl (C=O) groups excluding carboxylic acids is 1. The van der Waals surface area contributed by atoms with E-state index < -0.39 is 0 Å². The molecule has 2 aliphatic rings. The summed E-state index contributed by atoms with van der Waals surface area (Å²) in [5.74, 6) is 0.683. The van der Waals surface area contributed by atoms with Gasteiger partial charge in [0.2, 0.25) is 5.91 Å². The first-order valence-corrected chi connectivity index (χ1v) is 6.32. The van der Waals surface area contributed by atoms with Crippen molar-refractivity contribution < 1.29 is 4.79 Å². The zero-order chi connectivity index (χ0) is 10.7. The van der Waals surface area contributed by atoms with E-state index >= 15 is 0 Å². The summed E-state index contributed by atoms with van der Waals surface area (Å²) in [6.45, 7) is 1.67. The summed E-state index contributed by atoms with van der Waals surface area (Å²) in [7, 11) is 0. The second-order valence-corrected chi connectivity index (χ2v) is 5.02. The van der Waals surface area contributed by atoms with Gasteiger partial charge in [-0.3, -0.25) is 4.79 Å². The van der Waals surface area contributed by atoms with Crippen molar-refractivity contribution in [3.8, 4) is 0 Å². The van der Waals surface area contributed by atoms with Gasteiger partial charge in [-0.1, -0.05) is 25.7 Å². The third-order valence-electron chi connectivity index (χ3n) is 3.74. The molecule has 0 radical (unpaired) electrons. The highest BCUT2D eigenvalue weighted by Crippen LogP contribution is 2.25. The molecule has 0 aromatic carbocycles. The highest BCUT2D eigenvalue weighted by Gasteiger charge is 2.29. The molecule has 0 aromatic rings. The average molecular weight is 247 g/mol.